The van der Waals surface area contributed by atoms with Crippen molar-refractivity contribution < 1.29 is 27.2 Å². The van der Waals surface area contributed by atoms with E-state index >= 15 is 0 Å². The average molecular weight is 355 g/mol. The van der Waals surface area contributed by atoms with Crippen molar-refractivity contribution >= 4 is 22.9 Å². The summed E-state index contributed by atoms with van der Waals surface area (Å²) < 4.78 is 42.3. The lowest BCUT2D eigenvalue weighted by atomic mass is 10.1. The predicted molar refractivity (Wildman–Crippen MR) is 82.6 cm³/mol. The Balaban J connectivity index is 1.50. The molecule has 0 aliphatic carbocycles. The summed E-state index contributed by atoms with van der Waals surface area (Å²) in [6.45, 7) is -1.10. The lowest BCUT2D eigenvalue weighted by Crippen LogP contribution is -2.47. The number of halogens is 3. The van der Waals surface area contributed by atoms with E-state index in [1.54, 1.807) is 24.5 Å². The molecule has 1 aliphatic heterocycles. The second kappa shape index (κ2) is 6.66. The molecule has 6 nitrogen and oxygen atoms in total. The molecule has 134 valence electrons. The summed E-state index contributed by atoms with van der Waals surface area (Å²) in [6, 6.07) is 5.69. The Bertz CT molecular complexity index is 788. The number of rotatable bonds is 4. The van der Waals surface area contributed by atoms with Gasteiger partial charge in [-0.2, -0.15) is 13.2 Å². The summed E-state index contributed by atoms with van der Waals surface area (Å²) in [6.07, 6.45) is -2.73. The summed E-state index contributed by atoms with van der Waals surface area (Å²) in [5.41, 5.74) is 1.56. The number of likely N-dealkylation sites (tertiary alicyclic amines) is 1. The maximum Gasteiger partial charge on any atom is 0.406 e. The molecule has 9 heteroatoms. The molecule has 1 aromatic carbocycles. The third kappa shape index (κ3) is 4.23. The molecule has 1 atom stereocenters. The van der Waals surface area contributed by atoms with Gasteiger partial charge in [-0.1, -0.05) is 6.07 Å². The van der Waals surface area contributed by atoms with Gasteiger partial charge in [-0.25, -0.2) is 4.79 Å². The lowest BCUT2D eigenvalue weighted by Gasteiger charge is -2.18. The predicted octanol–water partition coefficient (Wildman–Crippen LogP) is 2.40. The SMILES string of the molecule is O=C(NCc1ccc2occc2c1)NC1CCN(CC(F)(F)F)C1=O. The van der Waals surface area contributed by atoms with Crippen LogP contribution in [0.1, 0.15) is 12.0 Å². The Morgan fingerprint density at radius 3 is 2.88 bits per heavy atom. The molecule has 3 amide bonds. The fourth-order valence-corrected chi connectivity index (χ4v) is 2.76. The van der Waals surface area contributed by atoms with Gasteiger partial charge in [-0.15, -0.1) is 0 Å². The second-order valence-electron chi connectivity index (χ2n) is 5.84. The third-order valence-corrected chi connectivity index (χ3v) is 3.94. The zero-order valence-electron chi connectivity index (χ0n) is 13.1. The number of benzene rings is 1. The highest BCUT2D eigenvalue weighted by Crippen LogP contribution is 2.21. The molecule has 1 aromatic heterocycles. The van der Waals surface area contributed by atoms with E-state index in [4.69, 9.17) is 4.42 Å². The number of furan rings is 1. The summed E-state index contributed by atoms with van der Waals surface area (Å²) in [5.74, 6) is -0.715. The number of hydrogen-bond acceptors (Lipinski definition) is 3. The van der Waals surface area contributed by atoms with Crippen LogP contribution in [-0.4, -0.2) is 42.1 Å². The number of carbonyl (C=O) groups excluding carboxylic acids is 2. The van der Waals surface area contributed by atoms with Gasteiger partial charge in [0, 0.05) is 18.5 Å². The number of alkyl halides is 3. The molecule has 0 bridgehead atoms. The first-order chi connectivity index (χ1) is 11.8. The molecular formula is C16H16F3N3O3. The molecule has 0 radical (unpaired) electrons. The quantitative estimate of drug-likeness (QED) is 0.884. The average Bonchev–Trinajstić information content (AvgIpc) is 3.12. The van der Waals surface area contributed by atoms with Gasteiger partial charge in [-0.3, -0.25) is 4.79 Å². The number of fused-ring (bicyclic) bond motifs is 1. The Morgan fingerprint density at radius 2 is 2.12 bits per heavy atom. The number of nitrogens with one attached hydrogen (secondary N) is 2. The highest BCUT2D eigenvalue weighted by atomic mass is 19.4. The van der Waals surface area contributed by atoms with Crippen LogP contribution < -0.4 is 10.6 Å². The van der Waals surface area contributed by atoms with Gasteiger partial charge in [-0.05, 0) is 30.2 Å². The van der Waals surface area contributed by atoms with E-state index in [1.807, 2.05) is 6.07 Å². The first-order valence-corrected chi connectivity index (χ1v) is 7.68. The molecule has 1 fully saturated rings. The number of amides is 3. The summed E-state index contributed by atoms with van der Waals surface area (Å²) in [7, 11) is 0. The highest BCUT2D eigenvalue weighted by Gasteiger charge is 2.39. The van der Waals surface area contributed by atoms with Gasteiger partial charge in [0.15, 0.2) is 0 Å². The van der Waals surface area contributed by atoms with Crippen LogP contribution in [0.2, 0.25) is 0 Å². The molecular weight excluding hydrogens is 339 g/mol. The van der Waals surface area contributed by atoms with Crippen molar-refractivity contribution in [1.82, 2.24) is 15.5 Å². The van der Waals surface area contributed by atoms with E-state index in [0.29, 0.717) is 4.90 Å². The van der Waals surface area contributed by atoms with Crippen LogP contribution in [-0.2, 0) is 11.3 Å². The number of nitrogens with zero attached hydrogens (tertiary/aromatic N) is 1. The van der Waals surface area contributed by atoms with Crippen molar-refractivity contribution in [2.75, 3.05) is 13.1 Å². The van der Waals surface area contributed by atoms with Crippen LogP contribution in [0, 0.1) is 0 Å². The maximum atomic E-state index is 12.4. The minimum atomic E-state index is -4.45. The summed E-state index contributed by atoms with van der Waals surface area (Å²) >= 11 is 0. The monoisotopic (exact) mass is 355 g/mol. The Labute approximate surface area is 141 Å². The van der Waals surface area contributed by atoms with Crippen molar-refractivity contribution in [2.24, 2.45) is 0 Å². The number of carbonyl (C=O) groups is 2. The van der Waals surface area contributed by atoms with Crippen LogP contribution in [0.4, 0.5) is 18.0 Å². The van der Waals surface area contributed by atoms with E-state index in [1.165, 1.54) is 0 Å². The first-order valence-electron chi connectivity index (χ1n) is 7.68. The molecule has 0 spiro atoms. The molecule has 1 unspecified atom stereocenters. The largest absolute Gasteiger partial charge is 0.464 e. The van der Waals surface area contributed by atoms with E-state index in [0.717, 1.165) is 16.5 Å². The van der Waals surface area contributed by atoms with Crippen molar-refractivity contribution in [1.29, 1.82) is 0 Å². The molecule has 1 saturated heterocycles. The summed E-state index contributed by atoms with van der Waals surface area (Å²) in [4.78, 5) is 24.5. The molecule has 2 N–H and O–H groups in total. The normalized spacial score (nSPS) is 18.0. The zero-order valence-corrected chi connectivity index (χ0v) is 13.1. The topological polar surface area (TPSA) is 74.6 Å². The fraction of sp³-hybridized carbons (Fsp3) is 0.375. The number of urea groups is 1. The van der Waals surface area contributed by atoms with Gasteiger partial charge in [0.05, 0.1) is 6.26 Å². The van der Waals surface area contributed by atoms with Crippen LogP contribution in [0.25, 0.3) is 11.0 Å². The van der Waals surface area contributed by atoms with Crippen molar-refractivity contribution in [2.45, 2.75) is 25.2 Å². The molecule has 2 heterocycles. The van der Waals surface area contributed by atoms with Gasteiger partial charge in [0.1, 0.15) is 18.2 Å². The van der Waals surface area contributed by atoms with E-state index in [2.05, 4.69) is 10.6 Å². The van der Waals surface area contributed by atoms with Gasteiger partial charge < -0.3 is 20.0 Å². The van der Waals surface area contributed by atoms with E-state index < -0.39 is 30.7 Å². The highest BCUT2D eigenvalue weighted by molar-refractivity contribution is 5.88. The van der Waals surface area contributed by atoms with Crippen LogP contribution in [0.3, 0.4) is 0 Å². The van der Waals surface area contributed by atoms with Gasteiger partial charge in [0.25, 0.3) is 0 Å². The molecule has 1 aliphatic rings. The first kappa shape index (κ1) is 17.1. The summed E-state index contributed by atoms with van der Waals surface area (Å²) in [5, 5.41) is 5.91. The molecule has 0 saturated carbocycles. The minimum absolute atomic E-state index is 0.0273. The third-order valence-electron chi connectivity index (χ3n) is 3.94. The maximum absolute atomic E-state index is 12.4. The smallest absolute Gasteiger partial charge is 0.406 e. The van der Waals surface area contributed by atoms with Gasteiger partial charge in [0.2, 0.25) is 5.91 Å². The Kier molecular flexibility index (Phi) is 4.56. The van der Waals surface area contributed by atoms with E-state index in [9.17, 15) is 22.8 Å². The van der Waals surface area contributed by atoms with Crippen LogP contribution >= 0.6 is 0 Å². The van der Waals surface area contributed by atoms with Crippen LogP contribution in [0.5, 0.6) is 0 Å². The van der Waals surface area contributed by atoms with Crippen molar-refractivity contribution in [3.05, 3.63) is 36.1 Å². The van der Waals surface area contributed by atoms with Crippen molar-refractivity contribution in [3.63, 3.8) is 0 Å². The lowest BCUT2D eigenvalue weighted by molar-refractivity contribution is -0.157. The molecule has 2 aromatic rings. The van der Waals surface area contributed by atoms with E-state index in [-0.39, 0.29) is 19.5 Å². The Hall–Kier alpha value is -2.71. The molecule has 25 heavy (non-hydrogen) atoms. The Morgan fingerprint density at radius 1 is 1.32 bits per heavy atom. The number of hydrogen-bond donors (Lipinski definition) is 2. The van der Waals surface area contributed by atoms with Gasteiger partial charge >= 0.3 is 12.2 Å². The molecule has 3 rings (SSSR count). The zero-order chi connectivity index (χ0) is 18.0. The second-order valence-corrected chi connectivity index (χ2v) is 5.84. The van der Waals surface area contributed by atoms with Crippen molar-refractivity contribution in [3.8, 4) is 0 Å². The standard InChI is InChI=1S/C16H16F3N3O3/c17-16(18,19)9-22-5-3-12(14(22)23)21-15(24)20-8-10-1-2-13-11(7-10)4-6-25-13/h1-2,4,6-7,12H,3,5,8-9H2,(H2,20,21,24). The fourth-order valence-electron chi connectivity index (χ4n) is 2.76. The van der Waals surface area contributed by atoms with Crippen LogP contribution in [0.15, 0.2) is 34.9 Å². The minimum Gasteiger partial charge on any atom is -0.464 e.